The van der Waals surface area contributed by atoms with E-state index >= 15 is 0 Å². The first-order valence-corrected chi connectivity index (χ1v) is 5.09. The highest BCUT2D eigenvalue weighted by Gasteiger charge is 2.24. The van der Waals surface area contributed by atoms with Gasteiger partial charge in [0.25, 0.3) is 0 Å². The summed E-state index contributed by atoms with van der Waals surface area (Å²) in [5, 5.41) is 8.94. The average molecular weight is 241 g/mol. The lowest BCUT2D eigenvalue weighted by Crippen LogP contribution is -2.23. The molecule has 1 unspecified atom stereocenters. The van der Waals surface area contributed by atoms with Crippen molar-refractivity contribution in [3.05, 3.63) is 29.1 Å². The molecule has 0 radical (unpaired) electrons. The fraction of sp³-hybridized carbons (Fsp3) is 0.364. The van der Waals surface area contributed by atoms with Crippen LogP contribution in [0.5, 0.6) is 5.75 Å². The van der Waals surface area contributed by atoms with Gasteiger partial charge >= 0.3 is 5.97 Å². The minimum atomic E-state index is -1.15. The molecule has 92 valence electrons. The van der Waals surface area contributed by atoms with Crippen LogP contribution in [0.25, 0.3) is 0 Å². The Kier molecular flexibility index (Phi) is 3.26. The van der Waals surface area contributed by atoms with E-state index < -0.39 is 17.7 Å². The number of carbonyl (C=O) groups is 1. The van der Waals surface area contributed by atoms with Crippen molar-refractivity contribution in [1.29, 1.82) is 0 Å². The zero-order valence-electron chi connectivity index (χ0n) is 8.98. The predicted molar refractivity (Wildman–Crippen MR) is 56.1 cm³/mol. The summed E-state index contributed by atoms with van der Waals surface area (Å²) in [6, 6.07) is 2.62. The van der Waals surface area contributed by atoms with Crippen molar-refractivity contribution < 1.29 is 23.8 Å². The Morgan fingerprint density at radius 2 is 2.35 bits per heavy atom. The normalized spacial score (nSPS) is 15.9. The lowest BCUT2D eigenvalue weighted by Gasteiger charge is -2.20. The van der Waals surface area contributed by atoms with Crippen LogP contribution in [0.3, 0.4) is 0 Å². The van der Waals surface area contributed by atoms with Crippen molar-refractivity contribution in [2.45, 2.75) is 12.5 Å². The number of benzene rings is 1. The maximum Gasteiger partial charge on any atom is 0.312 e. The van der Waals surface area contributed by atoms with Crippen molar-refractivity contribution in [3.63, 3.8) is 0 Å². The van der Waals surface area contributed by atoms with E-state index in [4.69, 9.17) is 20.3 Å². The Labute approximate surface area is 96.9 Å². The fourth-order valence-electron chi connectivity index (χ4n) is 1.74. The number of carboxylic acids is 1. The van der Waals surface area contributed by atoms with Gasteiger partial charge in [0, 0.05) is 17.7 Å². The lowest BCUT2D eigenvalue weighted by atomic mass is 9.97. The van der Waals surface area contributed by atoms with Crippen LogP contribution in [0.4, 0.5) is 4.39 Å². The molecule has 0 aliphatic carbocycles. The number of ether oxygens (including phenoxy) is 2. The molecule has 0 saturated heterocycles. The molecule has 0 amide bonds. The topological polar surface area (TPSA) is 81.8 Å². The van der Waals surface area contributed by atoms with E-state index in [2.05, 4.69) is 0 Å². The van der Waals surface area contributed by atoms with Gasteiger partial charge in [-0.05, 0) is 12.1 Å². The molecule has 6 heteroatoms. The third-order valence-corrected chi connectivity index (χ3v) is 2.64. The fourth-order valence-corrected chi connectivity index (χ4v) is 1.74. The van der Waals surface area contributed by atoms with Crippen LogP contribution in [0, 0.1) is 5.82 Å². The van der Waals surface area contributed by atoms with Gasteiger partial charge in [-0.3, -0.25) is 4.79 Å². The van der Waals surface area contributed by atoms with E-state index in [0.29, 0.717) is 11.3 Å². The molecule has 1 aliphatic heterocycles. The van der Waals surface area contributed by atoms with E-state index in [9.17, 15) is 9.18 Å². The number of hydrogen-bond acceptors (Lipinski definition) is 4. The smallest absolute Gasteiger partial charge is 0.312 e. The Morgan fingerprint density at radius 1 is 1.59 bits per heavy atom. The number of aliphatic carboxylic acids is 1. The molecule has 0 aromatic heterocycles. The molecule has 5 nitrogen and oxygen atoms in total. The molecule has 1 aromatic rings. The Bertz CT molecular complexity index is 449. The number of halogens is 1. The zero-order valence-corrected chi connectivity index (χ0v) is 8.98. The molecule has 0 fully saturated rings. The van der Waals surface area contributed by atoms with Crippen LogP contribution >= 0.6 is 0 Å². The maximum atomic E-state index is 13.7. The molecule has 0 spiro atoms. The van der Waals surface area contributed by atoms with Crippen LogP contribution in [0.2, 0.25) is 0 Å². The first-order chi connectivity index (χ1) is 8.13. The number of carboxylic acid groups (broad SMARTS) is 1. The van der Waals surface area contributed by atoms with Crippen LogP contribution in [0.15, 0.2) is 12.1 Å². The van der Waals surface area contributed by atoms with Crippen molar-refractivity contribution in [2.24, 2.45) is 5.73 Å². The summed E-state index contributed by atoms with van der Waals surface area (Å²) in [7, 11) is 0. The molecule has 1 heterocycles. The molecule has 3 N–H and O–H groups in total. The summed E-state index contributed by atoms with van der Waals surface area (Å²) in [5.41, 5.74) is 5.95. The van der Waals surface area contributed by atoms with Gasteiger partial charge in [-0.2, -0.15) is 0 Å². The summed E-state index contributed by atoms with van der Waals surface area (Å²) < 4.78 is 23.9. The molecule has 1 atom stereocenters. The van der Waals surface area contributed by atoms with Gasteiger partial charge in [0.1, 0.15) is 11.6 Å². The summed E-state index contributed by atoms with van der Waals surface area (Å²) in [5.74, 6) is -2.37. The summed E-state index contributed by atoms with van der Waals surface area (Å²) >= 11 is 0. The van der Waals surface area contributed by atoms with Gasteiger partial charge in [-0.1, -0.05) is 0 Å². The highest BCUT2D eigenvalue weighted by atomic mass is 19.1. The van der Waals surface area contributed by atoms with Gasteiger partial charge in [-0.15, -0.1) is 0 Å². The first-order valence-electron chi connectivity index (χ1n) is 5.09. The number of nitrogens with two attached hydrogens (primary N) is 1. The van der Waals surface area contributed by atoms with Crippen molar-refractivity contribution in [1.82, 2.24) is 0 Å². The minimum absolute atomic E-state index is 0.0423. The average Bonchev–Trinajstić information content (AvgIpc) is 2.30. The second-order valence-corrected chi connectivity index (χ2v) is 3.72. The van der Waals surface area contributed by atoms with E-state index in [0.717, 1.165) is 0 Å². The van der Waals surface area contributed by atoms with Gasteiger partial charge in [0.2, 0.25) is 0 Å². The molecule has 0 saturated carbocycles. The Hall–Kier alpha value is -1.66. The van der Waals surface area contributed by atoms with Crippen LogP contribution < -0.4 is 10.5 Å². The SMILES string of the molecule is NCC(C(=O)O)c1cc2c(cc1F)COCO2. The molecule has 2 rings (SSSR count). The Balaban J connectivity index is 2.43. The van der Waals surface area contributed by atoms with Gasteiger partial charge < -0.3 is 20.3 Å². The first kappa shape index (κ1) is 11.8. The van der Waals surface area contributed by atoms with E-state index in [-0.39, 0.29) is 25.5 Å². The van der Waals surface area contributed by atoms with E-state index in [1.54, 1.807) is 0 Å². The van der Waals surface area contributed by atoms with Crippen LogP contribution in [-0.4, -0.2) is 24.4 Å². The summed E-state index contributed by atoms with van der Waals surface area (Å²) in [4.78, 5) is 10.9. The van der Waals surface area contributed by atoms with Crippen molar-refractivity contribution >= 4 is 5.97 Å². The Morgan fingerprint density at radius 3 is 3.00 bits per heavy atom. The number of hydrogen-bond donors (Lipinski definition) is 2. The van der Waals surface area contributed by atoms with Crippen LogP contribution in [0.1, 0.15) is 17.0 Å². The third kappa shape index (κ3) is 2.22. The van der Waals surface area contributed by atoms with Crippen LogP contribution in [-0.2, 0) is 16.1 Å². The number of fused-ring (bicyclic) bond motifs is 1. The molecule has 0 bridgehead atoms. The second kappa shape index (κ2) is 4.68. The molecular formula is C11H12FNO4. The highest BCUT2D eigenvalue weighted by molar-refractivity contribution is 5.76. The molecule has 1 aromatic carbocycles. The molecular weight excluding hydrogens is 229 g/mol. The van der Waals surface area contributed by atoms with Gasteiger partial charge in [0.15, 0.2) is 6.79 Å². The van der Waals surface area contributed by atoms with Crippen molar-refractivity contribution in [3.8, 4) is 5.75 Å². The van der Waals surface area contributed by atoms with Crippen molar-refractivity contribution in [2.75, 3.05) is 13.3 Å². The van der Waals surface area contributed by atoms with Gasteiger partial charge in [0.05, 0.1) is 12.5 Å². The van der Waals surface area contributed by atoms with E-state index in [1.165, 1.54) is 12.1 Å². The quantitative estimate of drug-likeness (QED) is 0.818. The third-order valence-electron chi connectivity index (χ3n) is 2.64. The molecule has 1 aliphatic rings. The standard InChI is InChI=1S/C11H12FNO4/c12-9-1-6-4-16-5-17-10(6)2-7(9)8(3-13)11(14)15/h1-2,8H,3-5,13H2,(H,14,15). The largest absolute Gasteiger partial charge is 0.481 e. The summed E-state index contributed by atoms with van der Waals surface area (Å²) in [6.07, 6.45) is 0. The predicted octanol–water partition coefficient (Wildman–Crippen LogP) is 0.819. The lowest BCUT2D eigenvalue weighted by molar-refractivity contribution is -0.138. The zero-order chi connectivity index (χ0) is 12.4. The van der Waals surface area contributed by atoms with Gasteiger partial charge in [-0.25, -0.2) is 4.39 Å². The summed E-state index contributed by atoms with van der Waals surface area (Å²) in [6.45, 7) is 0.173. The monoisotopic (exact) mass is 241 g/mol. The number of rotatable bonds is 3. The van der Waals surface area contributed by atoms with E-state index in [1.807, 2.05) is 0 Å². The second-order valence-electron chi connectivity index (χ2n) is 3.72. The molecule has 17 heavy (non-hydrogen) atoms. The highest BCUT2D eigenvalue weighted by Crippen LogP contribution is 2.30. The minimum Gasteiger partial charge on any atom is -0.481 e. The maximum absolute atomic E-state index is 13.7.